The first-order chi connectivity index (χ1) is 10.0. The molecule has 21 heavy (non-hydrogen) atoms. The molecule has 2 atom stereocenters. The van der Waals surface area contributed by atoms with Crippen LogP contribution in [-0.4, -0.2) is 53.8 Å². The summed E-state index contributed by atoms with van der Waals surface area (Å²) < 4.78 is 16.8. The average molecular weight is 353 g/mol. The molecule has 0 aliphatic carbocycles. The van der Waals surface area contributed by atoms with Crippen LogP contribution in [0.15, 0.2) is 41.4 Å². The highest BCUT2D eigenvalue weighted by atomic mass is 79.9. The summed E-state index contributed by atoms with van der Waals surface area (Å²) in [5.41, 5.74) is 2.10. The summed E-state index contributed by atoms with van der Waals surface area (Å²) in [6, 6.07) is 8.09. The lowest BCUT2D eigenvalue weighted by atomic mass is 10.2. The summed E-state index contributed by atoms with van der Waals surface area (Å²) in [6.07, 6.45) is 2.86. The van der Waals surface area contributed by atoms with Crippen molar-refractivity contribution in [3.63, 3.8) is 0 Å². The van der Waals surface area contributed by atoms with E-state index in [1.807, 2.05) is 54.0 Å². The van der Waals surface area contributed by atoms with E-state index < -0.39 is 6.17 Å². The SMILES string of the molecule is CN(C)[C@H]1CN(c2ccc(-n3cnc(Br)c3)cc2)C[C@H]1F. The predicted molar refractivity (Wildman–Crippen MR) is 85.8 cm³/mol. The largest absolute Gasteiger partial charge is 0.367 e. The maximum atomic E-state index is 14.0. The van der Waals surface area contributed by atoms with Gasteiger partial charge in [-0.05, 0) is 54.3 Å². The van der Waals surface area contributed by atoms with E-state index in [0.29, 0.717) is 6.54 Å². The second kappa shape index (κ2) is 5.77. The Hall–Kier alpha value is -1.40. The zero-order valence-electron chi connectivity index (χ0n) is 12.1. The highest BCUT2D eigenvalue weighted by Gasteiger charge is 2.34. The van der Waals surface area contributed by atoms with E-state index in [2.05, 4.69) is 25.8 Å². The highest BCUT2D eigenvalue weighted by Crippen LogP contribution is 2.25. The Kier molecular flexibility index (Phi) is 3.99. The third-order valence-electron chi connectivity index (χ3n) is 3.95. The molecule has 4 nitrogen and oxygen atoms in total. The van der Waals surface area contributed by atoms with Gasteiger partial charge in [-0.2, -0.15) is 0 Å². The number of anilines is 1. The Balaban J connectivity index is 1.76. The van der Waals surface area contributed by atoms with Crippen LogP contribution in [0.4, 0.5) is 10.1 Å². The number of likely N-dealkylation sites (N-methyl/N-ethyl adjacent to an activating group) is 1. The topological polar surface area (TPSA) is 24.3 Å². The quantitative estimate of drug-likeness (QED) is 0.848. The molecule has 1 saturated heterocycles. The molecule has 0 saturated carbocycles. The summed E-state index contributed by atoms with van der Waals surface area (Å²) in [4.78, 5) is 8.21. The van der Waals surface area contributed by atoms with Crippen LogP contribution in [0, 0.1) is 0 Å². The molecule has 0 radical (unpaired) electrons. The number of benzene rings is 1. The van der Waals surface area contributed by atoms with Gasteiger partial charge in [-0.15, -0.1) is 0 Å². The second-order valence-electron chi connectivity index (χ2n) is 5.57. The van der Waals surface area contributed by atoms with Gasteiger partial charge in [0.2, 0.25) is 0 Å². The van der Waals surface area contributed by atoms with Crippen LogP contribution >= 0.6 is 15.9 Å². The third-order valence-corrected chi connectivity index (χ3v) is 4.36. The van der Waals surface area contributed by atoms with Gasteiger partial charge in [0.25, 0.3) is 0 Å². The standard InChI is InChI=1S/C15H18BrFN4/c1-19(2)14-8-20(7-13(14)17)11-3-5-12(6-4-11)21-9-15(16)18-10-21/h3-6,9-10,13-14H,7-8H2,1-2H3/t13-,14+/m1/s1. The van der Waals surface area contributed by atoms with Crippen molar-refractivity contribution in [3.05, 3.63) is 41.4 Å². The van der Waals surface area contributed by atoms with E-state index in [9.17, 15) is 4.39 Å². The van der Waals surface area contributed by atoms with Gasteiger partial charge in [-0.1, -0.05) is 0 Å². The zero-order chi connectivity index (χ0) is 15.0. The number of aromatic nitrogens is 2. The molecule has 2 heterocycles. The van der Waals surface area contributed by atoms with E-state index >= 15 is 0 Å². The molecule has 6 heteroatoms. The van der Waals surface area contributed by atoms with Crippen molar-refractivity contribution in [3.8, 4) is 5.69 Å². The molecular formula is C15H18BrFN4. The van der Waals surface area contributed by atoms with Gasteiger partial charge >= 0.3 is 0 Å². The molecule has 112 valence electrons. The molecule has 2 aromatic rings. The lowest BCUT2D eigenvalue weighted by Gasteiger charge is -2.21. The predicted octanol–water partition coefficient (Wildman–Crippen LogP) is 2.72. The first-order valence-electron chi connectivity index (χ1n) is 6.90. The van der Waals surface area contributed by atoms with Gasteiger partial charge in [0.15, 0.2) is 0 Å². The summed E-state index contributed by atoms with van der Waals surface area (Å²) >= 11 is 3.34. The smallest absolute Gasteiger partial charge is 0.135 e. The summed E-state index contributed by atoms with van der Waals surface area (Å²) in [5.74, 6) is 0. The van der Waals surface area contributed by atoms with Crippen molar-refractivity contribution in [2.75, 3.05) is 32.1 Å². The normalized spacial score (nSPS) is 22.2. The molecule has 1 aromatic heterocycles. The number of nitrogens with zero attached hydrogens (tertiary/aromatic N) is 4. The number of hydrogen-bond acceptors (Lipinski definition) is 3. The zero-order valence-corrected chi connectivity index (χ0v) is 13.7. The molecule has 0 bridgehead atoms. The van der Waals surface area contributed by atoms with E-state index in [4.69, 9.17) is 0 Å². The van der Waals surface area contributed by atoms with Gasteiger partial charge in [-0.3, -0.25) is 0 Å². The first kappa shape index (κ1) is 14.5. The number of rotatable bonds is 3. The molecule has 1 aliphatic rings. The number of imidazole rings is 1. The van der Waals surface area contributed by atoms with Crippen molar-refractivity contribution >= 4 is 21.6 Å². The monoisotopic (exact) mass is 352 g/mol. The number of halogens is 2. The van der Waals surface area contributed by atoms with Crippen LogP contribution in [0.1, 0.15) is 0 Å². The molecule has 1 aromatic carbocycles. The van der Waals surface area contributed by atoms with Crippen LogP contribution < -0.4 is 4.90 Å². The van der Waals surface area contributed by atoms with Crippen molar-refractivity contribution in [2.45, 2.75) is 12.2 Å². The highest BCUT2D eigenvalue weighted by molar-refractivity contribution is 9.10. The maximum absolute atomic E-state index is 14.0. The molecule has 0 spiro atoms. The minimum Gasteiger partial charge on any atom is -0.367 e. The van der Waals surface area contributed by atoms with Crippen LogP contribution in [0.3, 0.4) is 0 Å². The van der Waals surface area contributed by atoms with E-state index in [1.165, 1.54) is 0 Å². The van der Waals surface area contributed by atoms with Crippen molar-refractivity contribution in [1.29, 1.82) is 0 Å². The van der Waals surface area contributed by atoms with Crippen LogP contribution in [-0.2, 0) is 0 Å². The third kappa shape index (κ3) is 2.96. The fourth-order valence-electron chi connectivity index (χ4n) is 2.72. The van der Waals surface area contributed by atoms with E-state index in [-0.39, 0.29) is 6.04 Å². The Labute approximate surface area is 132 Å². The van der Waals surface area contributed by atoms with Crippen molar-refractivity contribution in [2.24, 2.45) is 0 Å². The van der Waals surface area contributed by atoms with E-state index in [1.54, 1.807) is 6.33 Å². The Morgan fingerprint density at radius 3 is 2.38 bits per heavy atom. The Morgan fingerprint density at radius 1 is 1.19 bits per heavy atom. The fraction of sp³-hybridized carbons (Fsp3) is 0.400. The molecule has 1 fully saturated rings. The Morgan fingerprint density at radius 2 is 1.86 bits per heavy atom. The minimum atomic E-state index is -0.802. The fourth-order valence-corrected chi connectivity index (χ4v) is 3.03. The van der Waals surface area contributed by atoms with Crippen LogP contribution in [0.5, 0.6) is 0 Å². The lowest BCUT2D eigenvalue weighted by molar-refractivity contribution is 0.202. The van der Waals surface area contributed by atoms with Crippen molar-refractivity contribution < 1.29 is 4.39 Å². The summed E-state index contributed by atoms with van der Waals surface area (Å²) in [5, 5.41) is 0. The van der Waals surface area contributed by atoms with Gasteiger partial charge in [-0.25, -0.2) is 9.37 Å². The van der Waals surface area contributed by atoms with Crippen LogP contribution in [0.25, 0.3) is 5.69 Å². The maximum Gasteiger partial charge on any atom is 0.135 e. The van der Waals surface area contributed by atoms with Crippen LogP contribution in [0.2, 0.25) is 0 Å². The number of alkyl halides is 1. The van der Waals surface area contributed by atoms with Gasteiger partial charge < -0.3 is 14.4 Å². The molecule has 0 unspecified atom stereocenters. The van der Waals surface area contributed by atoms with E-state index in [0.717, 1.165) is 22.5 Å². The molecular weight excluding hydrogens is 335 g/mol. The molecule has 3 rings (SSSR count). The minimum absolute atomic E-state index is 0.0331. The second-order valence-corrected chi connectivity index (χ2v) is 6.38. The van der Waals surface area contributed by atoms with Gasteiger partial charge in [0, 0.05) is 24.1 Å². The number of hydrogen-bond donors (Lipinski definition) is 0. The summed E-state index contributed by atoms with van der Waals surface area (Å²) in [7, 11) is 3.86. The lowest BCUT2D eigenvalue weighted by Crippen LogP contribution is -2.36. The molecule has 0 N–H and O–H groups in total. The summed E-state index contributed by atoms with van der Waals surface area (Å²) in [6.45, 7) is 1.18. The van der Waals surface area contributed by atoms with Crippen molar-refractivity contribution in [1.82, 2.24) is 14.5 Å². The molecule has 1 aliphatic heterocycles. The first-order valence-corrected chi connectivity index (χ1v) is 7.69. The Bertz CT molecular complexity index is 610. The van der Waals surface area contributed by atoms with Gasteiger partial charge in [0.05, 0.1) is 12.6 Å². The average Bonchev–Trinajstić information content (AvgIpc) is 3.05. The molecule has 0 amide bonds. The van der Waals surface area contributed by atoms with Gasteiger partial charge in [0.1, 0.15) is 17.1 Å².